The van der Waals surface area contributed by atoms with Crippen LogP contribution in [0.5, 0.6) is 5.75 Å². The number of hydrogen-bond acceptors (Lipinski definition) is 4. The molecular weight excluding hydrogens is 238 g/mol. The van der Waals surface area contributed by atoms with Gasteiger partial charge in [0.05, 0.1) is 0 Å². The summed E-state index contributed by atoms with van der Waals surface area (Å²) in [6.45, 7) is 1.75. The summed E-state index contributed by atoms with van der Waals surface area (Å²) in [5.74, 6) is 0.0242. The second kappa shape index (κ2) is 4.66. The lowest BCUT2D eigenvalue weighted by Crippen LogP contribution is -2.29. The fourth-order valence-electron chi connectivity index (χ4n) is 2.38. The standard InChI is InChI=1S/C12H17NO3S/c1-17(15,16)12-10(5-2-6-11(12)14)9-4-3-7-13-8-9/h2,5-6,9,13-14H,3-4,7-8H2,1H3. The smallest absolute Gasteiger partial charge is 0.179 e. The summed E-state index contributed by atoms with van der Waals surface area (Å²) in [5, 5.41) is 13.0. The molecule has 1 saturated heterocycles. The third-order valence-corrected chi connectivity index (χ3v) is 4.32. The number of hydrogen-bond donors (Lipinski definition) is 2. The molecule has 94 valence electrons. The third-order valence-electron chi connectivity index (χ3n) is 3.13. The molecule has 0 aromatic heterocycles. The predicted octanol–water partition coefficient (Wildman–Crippen LogP) is 1.26. The highest BCUT2D eigenvalue weighted by Crippen LogP contribution is 2.34. The van der Waals surface area contributed by atoms with Gasteiger partial charge in [-0.15, -0.1) is 0 Å². The average Bonchev–Trinajstić information content (AvgIpc) is 2.28. The van der Waals surface area contributed by atoms with E-state index in [1.165, 1.54) is 6.07 Å². The fourth-order valence-corrected chi connectivity index (χ4v) is 3.50. The van der Waals surface area contributed by atoms with Crippen molar-refractivity contribution in [2.24, 2.45) is 0 Å². The highest BCUT2D eigenvalue weighted by molar-refractivity contribution is 7.90. The van der Waals surface area contributed by atoms with E-state index in [9.17, 15) is 13.5 Å². The van der Waals surface area contributed by atoms with Gasteiger partial charge >= 0.3 is 0 Å². The molecule has 5 heteroatoms. The second-order valence-corrected chi connectivity index (χ2v) is 6.46. The Labute approximate surface area is 102 Å². The van der Waals surface area contributed by atoms with E-state index in [2.05, 4.69) is 5.32 Å². The first-order chi connectivity index (χ1) is 8.00. The Morgan fingerprint density at radius 1 is 1.41 bits per heavy atom. The molecule has 0 saturated carbocycles. The van der Waals surface area contributed by atoms with Gasteiger partial charge in [0, 0.05) is 12.8 Å². The van der Waals surface area contributed by atoms with Crippen LogP contribution in [-0.4, -0.2) is 32.9 Å². The zero-order valence-electron chi connectivity index (χ0n) is 9.81. The zero-order chi connectivity index (χ0) is 12.5. The Bertz CT molecular complexity index is 504. The SMILES string of the molecule is CS(=O)(=O)c1c(O)cccc1C1CCCNC1. The topological polar surface area (TPSA) is 66.4 Å². The summed E-state index contributed by atoms with van der Waals surface area (Å²) in [4.78, 5) is 0.0914. The van der Waals surface area contributed by atoms with Crippen molar-refractivity contribution in [2.75, 3.05) is 19.3 Å². The minimum absolute atomic E-state index is 0.0914. The van der Waals surface area contributed by atoms with Crippen molar-refractivity contribution in [3.63, 3.8) is 0 Å². The molecule has 2 N–H and O–H groups in total. The van der Waals surface area contributed by atoms with Crippen LogP contribution in [0.2, 0.25) is 0 Å². The molecule has 4 nitrogen and oxygen atoms in total. The molecule has 1 unspecified atom stereocenters. The predicted molar refractivity (Wildman–Crippen MR) is 66.1 cm³/mol. The maximum atomic E-state index is 11.7. The molecule has 1 heterocycles. The van der Waals surface area contributed by atoms with Gasteiger partial charge in [-0.25, -0.2) is 8.42 Å². The van der Waals surface area contributed by atoms with E-state index in [4.69, 9.17) is 0 Å². The van der Waals surface area contributed by atoms with Crippen LogP contribution in [0, 0.1) is 0 Å². The molecule has 0 bridgehead atoms. The molecule has 0 radical (unpaired) electrons. The monoisotopic (exact) mass is 255 g/mol. The van der Waals surface area contributed by atoms with Crippen LogP contribution in [0.25, 0.3) is 0 Å². The van der Waals surface area contributed by atoms with Crippen LogP contribution < -0.4 is 5.32 Å². The second-order valence-electron chi connectivity index (χ2n) is 4.51. The van der Waals surface area contributed by atoms with Gasteiger partial charge in [0.1, 0.15) is 10.6 Å². The number of rotatable bonds is 2. The number of aromatic hydroxyl groups is 1. The molecule has 0 aliphatic carbocycles. The van der Waals surface area contributed by atoms with Gasteiger partial charge in [0.2, 0.25) is 0 Å². The van der Waals surface area contributed by atoms with Gasteiger partial charge in [0.25, 0.3) is 0 Å². The number of sulfone groups is 1. The van der Waals surface area contributed by atoms with E-state index in [1.54, 1.807) is 12.1 Å². The number of piperidine rings is 1. The van der Waals surface area contributed by atoms with Gasteiger partial charge in [-0.3, -0.25) is 0 Å². The van der Waals surface area contributed by atoms with Crippen LogP contribution in [0.4, 0.5) is 0 Å². The van der Waals surface area contributed by atoms with Crippen LogP contribution >= 0.6 is 0 Å². The maximum Gasteiger partial charge on any atom is 0.179 e. The lowest BCUT2D eigenvalue weighted by atomic mass is 9.91. The summed E-state index contributed by atoms with van der Waals surface area (Å²) in [6.07, 6.45) is 3.13. The number of benzene rings is 1. The summed E-state index contributed by atoms with van der Waals surface area (Å²) < 4.78 is 23.5. The number of phenolic OH excluding ortho intramolecular Hbond substituents is 1. The Morgan fingerprint density at radius 3 is 2.76 bits per heavy atom. The summed E-state index contributed by atoms with van der Waals surface area (Å²) in [5.41, 5.74) is 0.736. The highest BCUT2D eigenvalue weighted by Gasteiger charge is 2.24. The molecule has 0 amide bonds. The maximum absolute atomic E-state index is 11.7. The van der Waals surface area contributed by atoms with Gasteiger partial charge in [0.15, 0.2) is 9.84 Å². The summed E-state index contributed by atoms with van der Waals surface area (Å²) in [6, 6.07) is 4.93. The van der Waals surface area contributed by atoms with E-state index in [0.717, 1.165) is 37.8 Å². The van der Waals surface area contributed by atoms with Crippen molar-refractivity contribution in [3.05, 3.63) is 23.8 Å². The summed E-state index contributed by atoms with van der Waals surface area (Å²) >= 11 is 0. The molecular formula is C12H17NO3S. The van der Waals surface area contributed by atoms with E-state index in [1.807, 2.05) is 0 Å². The Balaban J connectivity index is 2.49. The van der Waals surface area contributed by atoms with Crippen molar-refractivity contribution in [2.45, 2.75) is 23.7 Å². The number of nitrogens with one attached hydrogen (secondary N) is 1. The zero-order valence-corrected chi connectivity index (χ0v) is 10.6. The number of phenols is 1. The van der Waals surface area contributed by atoms with Crippen LogP contribution in [-0.2, 0) is 9.84 Å². The van der Waals surface area contributed by atoms with Crippen molar-refractivity contribution in [1.29, 1.82) is 0 Å². The van der Waals surface area contributed by atoms with E-state index < -0.39 is 9.84 Å². The largest absolute Gasteiger partial charge is 0.507 e. The van der Waals surface area contributed by atoms with E-state index in [0.29, 0.717) is 0 Å². The van der Waals surface area contributed by atoms with Crippen LogP contribution in [0.3, 0.4) is 0 Å². The Kier molecular flexibility index (Phi) is 3.40. The fraction of sp³-hybridized carbons (Fsp3) is 0.500. The molecule has 2 rings (SSSR count). The van der Waals surface area contributed by atoms with Crippen LogP contribution in [0.1, 0.15) is 24.3 Å². The first kappa shape index (κ1) is 12.4. The molecule has 1 atom stereocenters. The molecule has 1 aliphatic rings. The molecule has 1 fully saturated rings. The molecule has 17 heavy (non-hydrogen) atoms. The summed E-state index contributed by atoms with van der Waals surface area (Å²) in [7, 11) is -3.39. The lowest BCUT2D eigenvalue weighted by Gasteiger charge is -2.25. The highest BCUT2D eigenvalue weighted by atomic mass is 32.2. The normalized spacial score (nSPS) is 21.4. The minimum Gasteiger partial charge on any atom is -0.507 e. The first-order valence-electron chi connectivity index (χ1n) is 5.73. The van der Waals surface area contributed by atoms with Crippen molar-refractivity contribution < 1.29 is 13.5 Å². The van der Waals surface area contributed by atoms with Crippen molar-refractivity contribution in [1.82, 2.24) is 5.32 Å². The van der Waals surface area contributed by atoms with Crippen LogP contribution in [0.15, 0.2) is 23.1 Å². The minimum atomic E-state index is -3.39. The lowest BCUT2D eigenvalue weighted by molar-refractivity contribution is 0.436. The Hall–Kier alpha value is -1.07. The van der Waals surface area contributed by atoms with Gasteiger partial charge in [-0.1, -0.05) is 12.1 Å². The third kappa shape index (κ3) is 2.61. The molecule has 1 aromatic carbocycles. The van der Waals surface area contributed by atoms with E-state index >= 15 is 0 Å². The van der Waals surface area contributed by atoms with Crippen molar-refractivity contribution >= 4 is 9.84 Å². The Morgan fingerprint density at radius 2 is 2.18 bits per heavy atom. The quantitative estimate of drug-likeness (QED) is 0.835. The van der Waals surface area contributed by atoms with E-state index in [-0.39, 0.29) is 16.6 Å². The van der Waals surface area contributed by atoms with Crippen molar-refractivity contribution in [3.8, 4) is 5.75 Å². The first-order valence-corrected chi connectivity index (χ1v) is 7.62. The molecule has 0 spiro atoms. The van der Waals surface area contributed by atoms with Gasteiger partial charge < -0.3 is 10.4 Å². The van der Waals surface area contributed by atoms with Gasteiger partial charge in [-0.2, -0.15) is 0 Å². The molecule has 1 aliphatic heterocycles. The molecule has 1 aromatic rings. The average molecular weight is 255 g/mol. The van der Waals surface area contributed by atoms with Gasteiger partial charge in [-0.05, 0) is 36.9 Å².